The van der Waals surface area contributed by atoms with Crippen LogP contribution >= 0.6 is 0 Å². The van der Waals surface area contributed by atoms with E-state index in [1.54, 1.807) is 0 Å². The molecule has 0 saturated heterocycles. The molecule has 4 bridgehead atoms. The Labute approximate surface area is 142 Å². The fourth-order valence-corrected chi connectivity index (χ4v) is 6.52. The number of Topliss-reactive ketones (excluding diaryl/α,β-unsaturated/α-hetero) is 1. The van der Waals surface area contributed by atoms with Gasteiger partial charge in [0, 0.05) is 12.3 Å². The number of rotatable bonds is 5. The summed E-state index contributed by atoms with van der Waals surface area (Å²) in [5.74, 6) is 0.382. The molecule has 0 aromatic carbocycles. The van der Waals surface area contributed by atoms with E-state index in [0.717, 1.165) is 51.4 Å². The fraction of sp³-hybridized carbons (Fsp3) is 0.889. The van der Waals surface area contributed by atoms with E-state index in [0.29, 0.717) is 18.3 Å². The molecule has 0 aromatic heterocycles. The van der Waals surface area contributed by atoms with Crippen LogP contribution in [0.5, 0.6) is 0 Å². The quantitative estimate of drug-likeness (QED) is 0.617. The maximum atomic E-state index is 12.7. The first kappa shape index (κ1) is 16.0. The van der Waals surface area contributed by atoms with Crippen LogP contribution < -0.4 is 0 Å². The van der Waals surface area contributed by atoms with Crippen LogP contribution in [-0.4, -0.2) is 33.6 Å². The number of aliphatic hydroxyl groups is 1. The highest BCUT2D eigenvalue weighted by molar-refractivity contribution is 5.84. The number of nitriles is 1. The predicted octanol–water partition coefficient (Wildman–Crippen LogP) is 2.56. The average Bonchev–Trinajstić information content (AvgIpc) is 2.98. The van der Waals surface area contributed by atoms with Crippen LogP contribution in [-0.2, 0) is 4.79 Å². The zero-order valence-electron chi connectivity index (χ0n) is 14.0. The van der Waals surface area contributed by atoms with Gasteiger partial charge in [0.15, 0.2) is 5.78 Å². The largest absolute Gasteiger partial charge is 0.390 e. The summed E-state index contributed by atoms with van der Waals surface area (Å²) in [5.41, 5.74) is -1.13. The van der Waals surface area contributed by atoms with Gasteiger partial charge >= 0.3 is 0 Å². The SMILES string of the molecule is N#CC1CCCC1C(=O)CN(N=O)C12CC3CC(CC(O)(C3)C1)C2. The van der Waals surface area contributed by atoms with Gasteiger partial charge in [-0.25, -0.2) is 5.01 Å². The Kier molecular flexibility index (Phi) is 3.68. The molecule has 1 N–H and O–H groups in total. The van der Waals surface area contributed by atoms with Crippen LogP contribution in [0.1, 0.15) is 57.8 Å². The van der Waals surface area contributed by atoms with E-state index in [9.17, 15) is 20.1 Å². The second-order valence-corrected chi connectivity index (χ2v) is 8.79. The third-order valence-corrected chi connectivity index (χ3v) is 7.05. The number of nitrogens with zero attached hydrogens (tertiary/aromatic N) is 3. The molecule has 6 heteroatoms. The van der Waals surface area contributed by atoms with Crippen LogP contribution in [0, 0.1) is 39.9 Å². The van der Waals surface area contributed by atoms with Crippen molar-refractivity contribution in [2.75, 3.05) is 6.54 Å². The molecule has 5 aliphatic rings. The minimum absolute atomic E-state index is 0.00185. The third kappa shape index (κ3) is 2.45. The molecular weight excluding hydrogens is 306 g/mol. The normalized spacial score (nSPS) is 45.8. The van der Waals surface area contributed by atoms with Crippen molar-refractivity contribution in [2.24, 2.45) is 29.0 Å². The second-order valence-electron chi connectivity index (χ2n) is 8.79. The van der Waals surface area contributed by atoms with Gasteiger partial charge in [0.2, 0.25) is 0 Å². The molecule has 24 heavy (non-hydrogen) atoms. The maximum Gasteiger partial charge on any atom is 0.158 e. The molecular formula is C18H25N3O3. The highest BCUT2D eigenvalue weighted by Gasteiger charge is 2.60. The molecule has 4 unspecified atom stereocenters. The second kappa shape index (κ2) is 5.52. The van der Waals surface area contributed by atoms with Crippen molar-refractivity contribution in [3.63, 3.8) is 0 Å². The molecule has 130 valence electrons. The molecule has 0 heterocycles. The predicted molar refractivity (Wildman–Crippen MR) is 86.3 cm³/mol. The number of carbonyl (C=O) groups is 1. The van der Waals surface area contributed by atoms with Crippen molar-refractivity contribution in [2.45, 2.75) is 68.9 Å². The number of hydrogen-bond donors (Lipinski definition) is 1. The minimum atomic E-state index is -0.682. The molecule has 5 rings (SSSR count). The van der Waals surface area contributed by atoms with Gasteiger partial charge in [-0.05, 0) is 56.8 Å². The van der Waals surface area contributed by atoms with Gasteiger partial charge in [-0.15, -0.1) is 4.91 Å². The molecule has 0 spiro atoms. The topological polar surface area (TPSA) is 93.8 Å². The minimum Gasteiger partial charge on any atom is -0.390 e. The summed E-state index contributed by atoms with van der Waals surface area (Å²) in [7, 11) is 0. The average molecular weight is 331 g/mol. The molecule has 0 aliphatic heterocycles. The monoisotopic (exact) mass is 331 g/mol. The Morgan fingerprint density at radius 1 is 1.25 bits per heavy atom. The van der Waals surface area contributed by atoms with E-state index in [4.69, 9.17) is 0 Å². The van der Waals surface area contributed by atoms with Crippen LogP contribution in [0.4, 0.5) is 0 Å². The Bertz CT molecular complexity index is 585. The Hall–Kier alpha value is -1.48. The van der Waals surface area contributed by atoms with Crippen molar-refractivity contribution < 1.29 is 9.90 Å². The summed E-state index contributed by atoms with van der Waals surface area (Å²) in [6.07, 6.45) is 7.47. The van der Waals surface area contributed by atoms with E-state index >= 15 is 0 Å². The molecule has 0 radical (unpaired) electrons. The van der Waals surface area contributed by atoms with E-state index in [1.165, 1.54) is 5.01 Å². The van der Waals surface area contributed by atoms with Gasteiger partial charge < -0.3 is 5.11 Å². The van der Waals surface area contributed by atoms with Gasteiger partial charge in [-0.3, -0.25) is 4.79 Å². The van der Waals surface area contributed by atoms with Crippen molar-refractivity contribution >= 4 is 5.78 Å². The van der Waals surface area contributed by atoms with Crippen LogP contribution in [0.3, 0.4) is 0 Å². The first-order valence-electron chi connectivity index (χ1n) is 9.23. The summed E-state index contributed by atoms with van der Waals surface area (Å²) in [4.78, 5) is 24.3. The molecule has 5 fully saturated rings. The smallest absolute Gasteiger partial charge is 0.158 e. The van der Waals surface area contributed by atoms with Crippen molar-refractivity contribution in [1.82, 2.24) is 5.01 Å². The fourth-order valence-electron chi connectivity index (χ4n) is 6.52. The van der Waals surface area contributed by atoms with Crippen LogP contribution in [0.15, 0.2) is 5.29 Å². The van der Waals surface area contributed by atoms with Crippen molar-refractivity contribution in [1.29, 1.82) is 5.26 Å². The maximum absolute atomic E-state index is 12.7. The molecule has 5 saturated carbocycles. The first-order chi connectivity index (χ1) is 11.5. The van der Waals surface area contributed by atoms with Crippen molar-refractivity contribution in [3.05, 3.63) is 4.91 Å². The van der Waals surface area contributed by atoms with Gasteiger partial charge in [0.05, 0.1) is 35.0 Å². The van der Waals surface area contributed by atoms with Crippen molar-refractivity contribution in [3.8, 4) is 6.07 Å². The van der Waals surface area contributed by atoms with E-state index in [2.05, 4.69) is 11.4 Å². The number of hydrogen-bond acceptors (Lipinski definition) is 5. The lowest BCUT2D eigenvalue weighted by molar-refractivity contribution is -0.178. The number of carbonyl (C=O) groups excluding carboxylic acids is 1. The van der Waals surface area contributed by atoms with Gasteiger partial charge in [-0.1, -0.05) is 6.42 Å². The van der Waals surface area contributed by atoms with Crippen LogP contribution in [0.25, 0.3) is 0 Å². The summed E-state index contributed by atoms with van der Waals surface area (Å²) >= 11 is 0. The number of nitroso groups, excluding NO2 is 1. The zero-order chi connectivity index (χ0) is 16.9. The standard InChI is InChI=1S/C18H25N3O3/c19-9-14-2-1-3-15(14)16(22)10-21(20-24)17-5-12-4-13(6-17)8-18(23,7-12)11-17/h12-15,23H,1-8,10-11H2. The molecule has 0 amide bonds. The molecule has 4 atom stereocenters. The molecule has 6 nitrogen and oxygen atoms in total. The lowest BCUT2D eigenvalue weighted by Gasteiger charge is -2.61. The number of ketones is 1. The first-order valence-corrected chi connectivity index (χ1v) is 9.23. The molecule has 5 aliphatic carbocycles. The summed E-state index contributed by atoms with van der Waals surface area (Å²) in [6.45, 7) is 0.00185. The summed E-state index contributed by atoms with van der Waals surface area (Å²) in [5, 5.41) is 24.7. The molecule has 0 aromatic rings. The summed E-state index contributed by atoms with van der Waals surface area (Å²) < 4.78 is 0. The lowest BCUT2D eigenvalue weighted by atomic mass is 9.51. The highest BCUT2D eigenvalue weighted by Crippen LogP contribution is 2.59. The van der Waals surface area contributed by atoms with E-state index < -0.39 is 11.1 Å². The van der Waals surface area contributed by atoms with Gasteiger partial charge in [0.1, 0.15) is 0 Å². The Balaban J connectivity index is 1.53. The van der Waals surface area contributed by atoms with E-state index in [-0.39, 0.29) is 24.2 Å². The Morgan fingerprint density at radius 2 is 1.96 bits per heavy atom. The zero-order valence-corrected chi connectivity index (χ0v) is 14.0. The Morgan fingerprint density at radius 3 is 2.54 bits per heavy atom. The lowest BCUT2D eigenvalue weighted by Crippen LogP contribution is -2.65. The summed E-state index contributed by atoms with van der Waals surface area (Å²) in [6, 6.07) is 2.24. The van der Waals surface area contributed by atoms with Crippen LogP contribution in [0.2, 0.25) is 0 Å². The third-order valence-electron chi connectivity index (χ3n) is 7.05. The van der Waals surface area contributed by atoms with Gasteiger partial charge in [0.25, 0.3) is 0 Å². The van der Waals surface area contributed by atoms with Gasteiger partial charge in [-0.2, -0.15) is 5.26 Å². The highest BCUT2D eigenvalue weighted by atomic mass is 16.3. The van der Waals surface area contributed by atoms with E-state index in [1.807, 2.05) is 0 Å².